The summed E-state index contributed by atoms with van der Waals surface area (Å²) in [5, 5.41) is 10.9. The van der Waals surface area contributed by atoms with Gasteiger partial charge < -0.3 is 10.0 Å². The molecule has 2 nitrogen and oxygen atoms in total. The Bertz CT molecular complexity index is 383. The zero-order valence-corrected chi connectivity index (χ0v) is 11.7. The van der Waals surface area contributed by atoms with E-state index in [1.54, 1.807) is 0 Å². The maximum absolute atomic E-state index is 10.2. The zero-order chi connectivity index (χ0) is 13.0. The lowest BCUT2D eigenvalue weighted by atomic mass is 9.99. The lowest BCUT2D eigenvalue weighted by Crippen LogP contribution is -2.35. The van der Waals surface area contributed by atoms with Crippen LogP contribution in [-0.2, 0) is 0 Å². The van der Waals surface area contributed by atoms with Crippen molar-refractivity contribution in [3.05, 3.63) is 34.9 Å². The van der Waals surface area contributed by atoms with Gasteiger partial charge in [-0.2, -0.15) is 0 Å². The molecular formula is C15H22ClNO. The van der Waals surface area contributed by atoms with Gasteiger partial charge in [0.05, 0.1) is 6.10 Å². The van der Waals surface area contributed by atoms with Crippen molar-refractivity contribution in [3.63, 3.8) is 0 Å². The third kappa shape index (κ3) is 3.71. The third-order valence-electron chi connectivity index (χ3n) is 3.72. The van der Waals surface area contributed by atoms with Crippen LogP contribution in [0.2, 0.25) is 5.02 Å². The molecule has 2 atom stereocenters. The van der Waals surface area contributed by atoms with Crippen LogP contribution >= 0.6 is 11.6 Å². The fourth-order valence-corrected chi connectivity index (χ4v) is 2.96. The summed E-state index contributed by atoms with van der Waals surface area (Å²) in [6.07, 6.45) is 2.93. The monoisotopic (exact) mass is 267 g/mol. The average molecular weight is 268 g/mol. The topological polar surface area (TPSA) is 23.5 Å². The highest BCUT2D eigenvalue weighted by Crippen LogP contribution is 2.25. The average Bonchev–Trinajstić information content (AvgIpc) is 2.37. The van der Waals surface area contributed by atoms with Gasteiger partial charge in [-0.1, -0.05) is 36.7 Å². The second-order valence-corrected chi connectivity index (χ2v) is 5.78. The summed E-state index contributed by atoms with van der Waals surface area (Å²) < 4.78 is 0. The molecule has 1 aromatic rings. The van der Waals surface area contributed by atoms with E-state index in [9.17, 15) is 5.11 Å². The van der Waals surface area contributed by atoms with Crippen LogP contribution in [0.1, 0.15) is 37.9 Å². The highest BCUT2D eigenvalue weighted by molar-refractivity contribution is 6.31. The molecule has 3 heteroatoms. The fraction of sp³-hybridized carbons (Fsp3) is 0.600. The molecule has 0 radical (unpaired) electrons. The number of rotatable bonds is 4. The Balaban J connectivity index is 1.84. The summed E-state index contributed by atoms with van der Waals surface area (Å²) in [4.78, 5) is 2.45. The van der Waals surface area contributed by atoms with E-state index in [0.717, 1.165) is 31.0 Å². The quantitative estimate of drug-likeness (QED) is 0.903. The maximum Gasteiger partial charge on any atom is 0.0816 e. The van der Waals surface area contributed by atoms with Crippen LogP contribution in [0.4, 0.5) is 0 Å². The Morgan fingerprint density at radius 3 is 2.94 bits per heavy atom. The summed E-state index contributed by atoms with van der Waals surface area (Å²) in [7, 11) is 0. The van der Waals surface area contributed by atoms with Crippen molar-refractivity contribution in [2.45, 2.75) is 32.3 Å². The lowest BCUT2D eigenvalue weighted by molar-refractivity contribution is 0.122. The molecule has 0 bridgehead atoms. The van der Waals surface area contributed by atoms with Gasteiger partial charge in [0.15, 0.2) is 0 Å². The Kier molecular flexibility index (Phi) is 5.04. The first-order valence-electron chi connectivity index (χ1n) is 6.81. The van der Waals surface area contributed by atoms with Crippen molar-refractivity contribution in [1.82, 2.24) is 4.90 Å². The van der Waals surface area contributed by atoms with Gasteiger partial charge in [0, 0.05) is 18.1 Å². The second-order valence-electron chi connectivity index (χ2n) is 5.37. The number of hydrogen-bond donors (Lipinski definition) is 1. The predicted octanol–water partition coefficient (Wildman–Crippen LogP) is 3.50. The maximum atomic E-state index is 10.2. The number of hydrogen-bond acceptors (Lipinski definition) is 2. The highest BCUT2D eigenvalue weighted by atomic mass is 35.5. The number of halogens is 1. The van der Waals surface area contributed by atoms with E-state index in [-0.39, 0.29) is 0 Å². The largest absolute Gasteiger partial charge is 0.388 e. The van der Waals surface area contributed by atoms with Gasteiger partial charge in [0.25, 0.3) is 0 Å². The van der Waals surface area contributed by atoms with E-state index in [2.05, 4.69) is 11.8 Å². The predicted molar refractivity (Wildman–Crippen MR) is 75.9 cm³/mol. The fourth-order valence-electron chi connectivity index (χ4n) is 2.70. The molecule has 100 valence electrons. The van der Waals surface area contributed by atoms with Gasteiger partial charge in [-0.15, -0.1) is 0 Å². The summed E-state index contributed by atoms with van der Waals surface area (Å²) >= 11 is 6.09. The van der Waals surface area contributed by atoms with E-state index in [1.807, 2.05) is 24.3 Å². The summed E-state index contributed by atoms with van der Waals surface area (Å²) in [5.74, 6) is 0.788. The van der Waals surface area contributed by atoms with Crippen LogP contribution in [0.5, 0.6) is 0 Å². The van der Waals surface area contributed by atoms with Crippen molar-refractivity contribution < 1.29 is 5.11 Å². The van der Waals surface area contributed by atoms with Crippen LogP contribution in [0.15, 0.2) is 24.3 Å². The van der Waals surface area contributed by atoms with Crippen molar-refractivity contribution >= 4 is 11.6 Å². The molecule has 0 aromatic heterocycles. The molecule has 1 N–H and O–H groups in total. The molecule has 1 aliphatic rings. The van der Waals surface area contributed by atoms with Gasteiger partial charge in [0.2, 0.25) is 0 Å². The molecule has 2 unspecified atom stereocenters. The van der Waals surface area contributed by atoms with Crippen LogP contribution in [-0.4, -0.2) is 29.6 Å². The molecule has 1 heterocycles. The van der Waals surface area contributed by atoms with E-state index in [0.29, 0.717) is 5.02 Å². The highest BCUT2D eigenvalue weighted by Gasteiger charge is 2.18. The number of aliphatic hydroxyl groups excluding tert-OH is 1. The second kappa shape index (κ2) is 6.55. The zero-order valence-electron chi connectivity index (χ0n) is 11.0. The first-order valence-corrected chi connectivity index (χ1v) is 7.19. The number of piperidine rings is 1. The van der Waals surface area contributed by atoms with Crippen LogP contribution in [0.25, 0.3) is 0 Å². The number of benzene rings is 1. The van der Waals surface area contributed by atoms with Crippen LogP contribution in [0, 0.1) is 5.92 Å². The SMILES string of the molecule is CC1CCCN(CCC(O)c2ccccc2Cl)C1. The molecular weight excluding hydrogens is 246 g/mol. The number of likely N-dealkylation sites (tertiary alicyclic amines) is 1. The Morgan fingerprint density at radius 2 is 2.22 bits per heavy atom. The van der Waals surface area contributed by atoms with E-state index >= 15 is 0 Å². The van der Waals surface area contributed by atoms with Gasteiger partial charge in [-0.3, -0.25) is 0 Å². The minimum atomic E-state index is -0.448. The van der Waals surface area contributed by atoms with Crippen LogP contribution < -0.4 is 0 Å². The molecule has 1 aliphatic heterocycles. The van der Waals surface area contributed by atoms with Gasteiger partial charge in [0.1, 0.15) is 0 Å². The molecule has 0 saturated carbocycles. The van der Waals surface area contributed by atoms with Crippen molar-refractivity contribution in [2.75, 3.05) is 19.6 Å². The number of nitrogens with zero attached hydrogens (tertiary/aromatic N) is 1. The molecule has 0 spiro atoms. The lowest BCUT2D eigenvalue weighted by Gasteiger charge is -2.31. The molecule has 2 rings (SSSR count). The standard InChI is InChI=1S/C15H22ClNO/c1-12-5-4-9-17(11-12)10-8-15(18)13-6-2-3-7-14(13)16/h2-3,6-7,12,15,18H,4-5,8-11H2,1H3. The molecule has 1 aromatic carbocycles. The molecule has 1 fully saturated rings. The molecule has 0 amide bonds. The Hall–Kier alpha value is -0.570. The van der Waals surface area contributed by atoms with Gasteiger partial charge in [-0.05, 0) is 43.4 Å². The molecule has 1 saturated heterocycles. The van der Waals surface area contributed by atoms with Crippen molar-refractivity contribution in [2.24, 2.45) is 5.92 Å². The Morgan fingerprint density at radius 1 is 1.44 bits per heavy atom. The minimum Gasteiger partial charge on any atom is -0.388 e. The first kappa shape index (κ1) is 13.9. The van der Waals surface area contributed by atoms with Gasteiger partial charge >= 0.3 is 0 Å². The van der Waals surface area contributed by atoms with Crippen LogP contribution in [0.3, 0.4) is 0 Å². The Labute approximate surface area is 115 Å². The number of aliphatic hydroxyl groups is 1. The summed E-state index contributed by atoms with van der Waals surface area (Å²) in [6, 6.07) is 7.56. The molecule has 0 aliphatic carbocycles. The smallest absolute Gasteiger partial charge is 0.0816 e. The third-order valence-corrected chi connectivity index (χ3v) is 4.07. The van der Waals surface area contributed by atoms with E-state index in [1.165, 1.54) is 19.4 Å². The summed E-state index contributed by atoms with van der Waals surface area (Å²) in [5.41, 5.74) is 0.851. The normalized spacial score (nSPS) is 22.9. The summed E-state index contributed by atoms with van der Waals surface area (Å²) in [6.45, 7) is 5.59. The van der Waals surface area contributed by atoms with E-state index < -0.39 is 6.10 Å². The van der Waals surface area contributed by atoms with Crippen molar-refractivity contribution in [1.29, 1.82) is 0 Å². The molecule has 18 heavy (non-hydrogen) atoms. The van der Waals surface area contributed by atoms with E-state index in [4.69, 9.17) is 11.6 Å². The van der Waals surface area contributed by atoms with Crippen molar-refractivity contribution in [3.8, 4) is 0 Å². The van der Waals surface area contributed by atoms with Gasteiger partial charge in [-0.25, -0.2) is 0 Å². The first-order chi connectivity index (χ1) is 8.66. The minimum absolute atomic E-state index is 0.448.